The lowest BCUT2D eigenvalue weighted by molar-refractivity contribution is -0.134. The van der Waals surface area contributed by atoms with Crippen LogP contribution in [0, 0.1) is 6.92 Å². The summed E-state index contributed by atoms with van der Waals surface area (Å²) in [6.07, 6.45) is 0.340. The van der Waals surface area contributed by atoms with Crippen molar-refractivity contribution < 1.29 is 14.3 Å². The van der Waals surface area contributed by atoms with Crippen LogP contribution in [-0.4, -0.2) is 48.0 Å². The third-order valence-corrected chi connectivity index (χ3v) is 6.48. The van der Waals surface area contributed by atoms with Gasteiger partial charge in [0.15, 0.2) is 0 Å². The fraction of sp³-hybridized carbons (Fsp3) is 0.261. The van der Waals surface area contributed by atoms with Gasteiger partial charge in [0.1, 0.15) is 9.88 Å². The first-order valence-electron chi connectivity index (χ1n) is 9.99. The van der Waals surface area contributed by atoms with Crippen molar-refractivity contribution in [2.24, 2.45) is 0 Å². The van der Waals surface area contributed by atoms with Crippen molar-refractivity contribution in [1.82, 2.24) is 9.88 Å². The molecule has 3 aromatic rings. The number of thiazole rings is 1. The quantitative estimate of drug-likeness (QED) is 0.618. The number of benzene rings is 2. The minimum atomic E-state index is -0.202. The molecule has 2 amide bonds. The monoisotopic (exact) mass is 455 g/mol. The zero-order valence-electron chi connectivity index (χ0n) is 17.1. The molecule has 160 valence electrons. The Hall–Kier alpha value is -2.74. The van der Waals surface area contributed by atoms with E-state index in [4.69, 9.17) is 16.3 Å². The SMILES string of the molecule is Cc1nc(-c2ccc(Cl)cc2)sc1C(=O)Nc1ccc(CC(=O)N2CCOCC2)cc1. The van der Waals surface area contributed by atoms with Crippen molar-refractivity contribution in [2.45, 2.75) is 13.3 Å². The second kappa shape index (κ2) is 9.60. The van der Waals surface area contributed by atoms with Crippen LogP contribution in [0.4, 0.5) is 5.69 Å². The first kappa shape index (κ1) is 21.5. The van der Waals surface area contributed by atoms with Gasteiger partial charge < -0.3 is 15.0 Å². The number of aromatic nitrogens is 1. The van der Waals surface area contributed by atoms with E-state index in [0.717, 1.165) is 16.1 Å². The Balaban J connectivity index is 1.39. The van der Waals surface area contributed by atoms with Gasteiger partial charge in [-0.05, 0) is 36.8 Å². The molecule has 2 heterocycles. The molecule has 1 fully saturated rings. The molecule has 0 aliphatic carbocycles. The Morgan fingerprint density at radius 3 is 2.45 bits per heavy atom. The summed E-state index contributed by atoms with van der Waals surface area (Å²) < 4.78 is 5.29. The molecular weight excluding hydrogens is 434 g/mol. The molecule has 8 heteroatoms. The van der Waals surface area contributed by atoms with Gasteiger partial charge in [0.2, 0.25) is 5.91 Å². The molecule has 0 atom stereocenters. The standard InChI is InChI=1S/C23H22ClN3O3S/c1-15-21(31-23(25-15)17-4-6-18(24)7-5-17)22(29)26-19-8-2-16(3-9-19)14-20(28)27-10-12-30-13-11-27/h2-9H,10-14H2,1H3,(H,26,29). The minimum Gasteiger partial charge on any atom is -0.378 e. The minimum absolute atomic E-state index is 0.0927. The van der Waals surface area contributed by atoms with Crippen LogP contribution in [0.5, 0.6) is 0 Å². The average Bonchev–Trinajstić information content (AvgIpc) is 3.18. The Kier molecular flexibility index (Phi) is 6.65. The van der Waals surface area contributed by atoms with Crippen LogP contribution in [0.2, 0.25) is 5.02 Å². The molecule has 0 saturated carbocycles. The van der Waals surface area contributed by atoms with E-state index in [0.29, 0.717) is 54.0 Å². The topological polar surface area (TPSA) is 71.5 Å². The molecule has 1 N–H and O–H groups in total. The summed E-state index contributed by atoms with van der Waals surface area (Å²) in [4.78, 5) is 32.1. The summed E-state index contributed by atoms with van der Waals surface area (Å²) in [5.41, 5.74) is 3.19. The van der Waals surface area contributed by atoms with Gasteiger partial charge in [-0.2, -0.15) is 0 Å². The van der Waals surface area contributed by atoms with Gasteiger partial charge >= 0.3 is 0 Å². The molecule has 0 bridgehead atoms. The number of carbonyl (C=O) groups excluding carboxylic acids is 2. The van der Waals surface area contributed by atoms with E-state index in [2.05, 4.69) is 10.3 Å². The lowest BCUT2D eigenvalue weighted by atomic mass is 10.1. The third kappa shape index (κ3) is 5.31. The van der Waals surface area contributed by atoms with Gasteiger partial charge in [-0.1, -0.05) is 35.9 Å². The number of carbonyl (C=O) groups is 2. The van der Waals surface area contributed by atoms with Crippen LogP contribution in [0.1, 0.15) is 20.9 Å². The van der Waals surface area contributed by atoms with Gasteiger partial charge in [0.05, 0.1) is 25.3 Å². The first-order valence-corrected chi connectivity index (χ1v) is 11.2. The summed E-state index contributed by atoms with van der Waals surface area (Å²) >= 11 is 7.29. The Bertz CT molecular complexity index is 1070. The fourth-order valence-corrected chi connectivity index (χ4v) is 4.41. The van der Waals surface area contributed by atoms with Crippen molar-refractivity contribution >= 4 is 40.4 Å². The second-order valence-electron chi connectivity index (χ2n) is 7.26. The van der Waals surface area contributed by atoms with E-state index in [1.54, 1.807) is 12.1 Å². The normalized spacial score (nSPS) is 13.8. The smallest absolute Gasteiger partial charge is 0.267 e. The lowest BCUT2D eigenvalue weighted by Crippen LogP contribution is -2.41. The number of halogens is 1. The average molecular weight is 456 g/mol. The summed E-state index contributed by atoms with van der Waals surface area (Å²) in [5, 5.41) is 4.35. The van der Waals surface area contributed by atoms with Crippen LogP contribution in [-0.2, 0) is 16.0 Å². The predicted molar refractivity (Wildman–Crippen MR) is 123 cm³/mol. The highest BCUT2D eigenvalue weighted by atomic mass is 35.5. The number of nitrogens with one attached hydrogen (secondary N) is 1. The number of rotatable bonds is 5. The summed E-state index contributed by atoms with van der Waals surface area (Å²) in [5.74, 6) is -0.109. The van der Waals surface area contributed by atoms with E-state index in [1.165, 1.54) is 11.3 Å². The zero-order valence-corrected chi connectivity index (χ0v) is 18.6. The number of anilines is 1. The van der Waals surface area contributed by atoms with E-state index < -0.39 is 0 Å². The molecule has 1 aromatic heterocycles. The second-order valence-corrected chi connectivity index (χ2v) is 8.70. The van der Waals surface area contributed by atoms with Crippen molar-refractivity contribution in [1.29, 1.82) is 0 Å². The number of morpholine rings is 1. The highest BCUT2D eigenvalue weighted by Gasteiger charge is 2.18. The molecule has 0 unspecified atom stereocenters. The van der Waals surface area contributed by atoms with Crippen molar-refractivity contribution in [3.05, 3.63) is 69.7 Å². The van der Waals surface area contributed by atoms with Crippen LogP contribution in [0.15, 0.2) is 48.5 Å². The van der Waals surface area contributed by atoms with Gasteiger partial charge in [-0.25, -0.2) is 4.98 Å². The van der Waals surface area contributed by atoms with Crippen LogP contribution < -0.4 is 5.32 Å². The molecule has 31 heavy (non-hydrogen) atoms. The van der Waals surface area contributed by atoms with Gasteiger partial charge in [0, 0.05) is 29.4 Å². The number of amides is 2. The van der Waals surface area contributed by atoms with Crippen molar-refractivity contribution in [2.75, 3.05) is 31.6 Å². The first-order chi connectivity index (χ1) is 15.0. The maximum atomic E-state index is 12.8. The highest BCUT2D eigenvalue weighted by molar-refractivity contribution is 7.17. The Labute approximate surface area is 189 Å². The highest BCUT2D eigenvalue weighted by Crippen LogP contribution is 2.29. The molecule has 1 saturated heterocycles. The lowest BCUT2D eigenvalue weighted by Gasteiger charge is -2.26. The number of ether oxygens (including phenoxy) is 1. The summed E-state index contributed by atoms with van der Waals surface area (Å²) in [6, 6.07) is 14.8. The van der Waals surface area contributed by atoms with Gasteiger partial charge in [0.25, 0.3) is 5.91 Å². The van der Waals surface area contributed by atoms with E-state index >= 15 is 0 Å². The molecular formula is C23H22ClN3O3S. The number of nitrogens with zero attached hydrogens (tertiary/aromatic N) is 2. The zero-order chi connectivity index (χ0) is 21.8. The fourth-order valence-electron chi connectivity index (χ4n) is 3.32. The molecule has 1 aliphatic heterocycles. The largest absolute Gasteiger partial charge is 0.378 e. The van der Waals surface area contributed by atoms with Crippen LogP contribution >= 0.6 is 22.9 Å². The van der Waals surface area contributed by atoms with E-state index in [9.17, 15) is 9.59 Å². The van der Waals surface area contributed by atoms with Crippen LogP contribution in [0.3, 0.4) is 0 Å². The van der Waals surface area contributed by atoms with E-state index in [1.807, 2.05) is 48.2 Å². The third-order valence-electron chi connectivity index (χ3n) is 5.02. The molecule has 1 aliphatic rings. The maximum absolute atomic E-state index is 12.8. The summed E-state index contributed by atoms with van der Waals surface area (Å²) in [6.45, 7) is 4.28. The Morgan fingerprint density at radius 1 is 1.10 bits per heavy atom. The molecule has 6 nitrogen and oxygen atoms in total. The van der Waals surface area contributed by atoms with Gasteiger partial charge in [-0.15, -0.1) is 11.3 Å². The van der Waals surface area contributed by atoms with Crippen LogP contribution in [0.25, 0.3) is 10.6 Å². The molecule has 0 spiro atoms. The molecule has 2 aromatic carbocycles. The number of hydrogen-bond donors (Lipinski definition) is 1. The van der Waals surface area contributed by atoms with Crippen molar-refractivity contribution in [3.8, 4) is 10.6 Å². The number of hydrogen-bond acceptors (Lipinski definition) is 5. The predicted octanol–water partition coefficient (Wildman–Crippen LogP) is 4.43. The van der Waals surface area contributed by atoms with Crippen molar-refractivity contribution in [3.63, 3.8) is 0 Å². The van der Waals surface area contributed by atoms with E-state index in [-0.39, 0.29) is 11.8 Å². The Morgan fingerprint density at radius 2 is 1.77 bits per heavy atom. The molecule has 0 radical (unpaired) electrons. The maximum Gasteiger partial charge on any atom is 0.267 e. The number of aryl methyl sites for hydroxylation is 1. The summed E-state index contributed by atoms with van der Waals surface area (Å²) in [7, 11) is 0. The van der Waals surface area contributed by atoms with Gasteiger partial charge in [-0.3, -0.25) is 9.59 Å². The molecule has 4 rings (SSSR count).